The number of hydrogen-bond donors (Lipinski definition) is 6. The van der Waals surface area contributed by atoms with E-state index in [2.05, 4.69) is 55.6 Å². The van der Waals surface area contributed by atoms with Crippen LogP contribution >= 0.6 is 0 Å². The molecule has 1 heterocycles. The Labute approximate surface area is 329 Å². The molecule has 0 bridgehead atoms. The lowest BCUT2D eigenvalue weighted by Crippen LogP contribution is -2.60. The highest BCUT2D eigenvalue weighted by atomic mass is 16.7. The average Bonchev–Trinajstić information content (AvgIpc) is 3.17. The second-order valence-corrected chi connectivity index (χ2v) is 15.1. The van der Waals surface area contributed by atoms with Gasteiger partial charge in [-0.1, -0.05) is 146 Å². The molecule has 314 valence electrons. The first-order valence-corrected chi connectivity index (χ1v) is 21.9. The van der Waals surface area contributed by atoms with Crippen LogP contribution in [0.15, 0.2) is 48.6 Å². The highest BCUT2D eigenvalue weighted by Gasteiger charge is 2.44. The van der Waals surface area contributed by atoms with Crippen LogP contribution in [-0.2, 0) is 14.3 Å². The number of nitrogens with one attached hydrogen (secondary N) is 1. The fraction of sp³-hybridized carbons (Fsp3) is 0.800. The summed E-state index contributed by atoms with van der Waals surface area (Å²) in [5.74, 6) is -0.202. The molecule has 0 spiro atoms. The maximum atomic E-state index is 12.9. The zero-order chi connectivity index (χ0) is 39.5. The molecular formula is C45H81NO8. The van der Waals surface area contributed by atoms with Gasteiger partial charge < -0.3 is 40.3 Å². The van der Waals surface area contributed by atoms with E-state index in [0.29, 0.717) is 6.42 Å². The molecule has 54 heavy (non-hydrogen) atoms. The normalized spacial score (nSPS) is 21.9. The largest absolute Gasteiger partial charge is 0.394 e. The summed E-state index contributed by atoms with van der Waals surface area (Å²) in [6.45, 7) is 3.69. The van der Waals surface area contributed by atoms with Gasteiger partial charge in [0.1, 0.15) is 24.4 Å². The molecule has 1 amide bonds. The highest BCUT2D eigenvalue weighted by molar-refractivity contribution is 5.76. The second kappa shape index (κ2) is 35.6. The Bertz CT molecular complexity index is 983. The van der Waals surface area contributed by atoms with Gasteiger partial charge in [0.05, 0.1) is 25.4 Å². The SMILES string of the molecule is CCCCC/C=C/CC/C=C/CC/C=C/C(O)C(COC1OC(CO)C(O)C(O)C1O)NC(=O)CCCCCCC/C=C\CCCCCCCCCCC. The molecule has 1 aliphatic heterocycles. The molecule has 1 rings (SSSR count). The summed E-state index contributed by atoms with van der Waals surface area (Å²) in [5.41, 5.74) is 0. The van der Waals surface area contributed by atoms with Gasteiger partial charge in [-0.05, 0) is 70.6 Å². The van der Waals surface area contributed by atoms with Gasteiger partial charge in [0, 0.05) is 6.42 Å². The molecule has 0 saturated carbocycles. The number of carbonyl (C=O) groups is 1. The van der Waals surface area contributed by atoms with Crippen molar-refractivity contribution in [2.24, 2.45) is 0 Å². The van der Waals surface area contributed by atoms with Crippen LogP contribution in [0.4, 0.5) is 0 Å². The Morgan fingerprint density at radius 3 is 1.59 bits per heavy atom. The van der Waals surface area contributed by atoms with Gasteiger partial charge in [0.25, 0.3) is 0 Å². The lowest BCUT2D eigenvalue weighted by Gasteiger charge is -2.40. The molecule has 0 aromatic carbocycles. The topological polar surface area (TPSA) is 149 Å². The van der Waals surface area contributed by atoms with E-state index >= 15 is 0 Å². The molecule has 0 radical (unpaired) electrons. The number of hydrogen-bond acceptors (Lipinski definition) is 8. The van der Waals surface area contributed by atoms with Gasteiger partial charge in [-0.15, -0.1) is 0 Å². The molecule has 6 N–H and O–H groups in total. The molecule has 7 unspecified atom stereocenters. The Kier molecular flexibility index (Phi) is 33.0. The van der Waals surface area contributed by atoms with Crippen LogP contribution < -0.4 is 5.32 Å². The predicted octanol–water partition coefficient (Wildman–Crippen LogP) is 8.67. The Balaban J connectivity index is 2.41. The Morgan fingerprint density at radius 2 is 1.06 bits per heavy atom. The molecule has 1 fully saturated rings. The minimum absolute atomic E-state index is 0.202. The van der Waals surface area contributed by atoms with E-state index in [1.165, 1.54) is 83.5 Å². The summed E-state index contributed by atoms with van der Waals surface area (Å²) in [6.07, 6.45) is 37.2. The van der Waals surface area contributed by atoms with E-state index in [9.17, 15) is 30.3 Å². The fourth-order valence-corrected chi connectivity index (χ4v) is 6.53. The van der Waals surface area contributed by atoms with Gasteiger partial charge in [0.2, 0.25) is 5.91 Å². The Morgan fingerprint density at radius 1 is 0.611 bits per heavy atom. The van der Waals surface area contributed by atoms with Crippen LogP contribution in [0.2, 0.25) is 0 Å². The third-order valence-corrected chi connectivity index (χ3v) is 10.1. The number of aliphatic hydroxyl groups is 5. The van der Waals surface area contributed by atoms with E-state index in [4.69, 9.17) is 9.47 Å². The lowest BCUT2D eigenvalue weighted by molar-refractivity contribution is -0.302. The van der Waals surface area contributed by atoms with Crippen LogP contribution in [0.1, 0.15) is 174 Å². The summed E-state index contributed by atoms with van der Waals surface area (Å²) in [7, 11) is 0. The maximum Gasteiger partial charge on any atom is 0.220 e. The number of amides is 1. The number of unbranched alkanes of at least 4 members (excludes halogenated alkanes) is 19. The first-order chi connectivity index (χ1) is 26.3. The van der Waals surface area contributed by atoms with Crippen molar-refractivity contribution in [2.75, 3.05) is 13.2 Å². The molecule has 0 aromatic heterocycles. The van der Waals surface area contributed by atoms with E-state index in [0.717, 1.165) is 70.6 Å². The third-order valence-electron chi connectivity index (χ3n) is 10.1. The van der Waals surface area contributed by atoms with Gasteiger partial charge >= 0.3 is 0 Å². The van der Waals surface area contributed by atoms with Gasteiger partial charge in [-0.2, -0.15) is 0 Å². The molecule has 0 aromatic rings. The van der Waals surface area contributed by atoms with Crippen molar-refractivity contribution in [3.05, 3.63) is 48.6 Å². The summed E-state index contributed by atoms with van der Waals surface area (Å²) < 4.78 is 11.2. The molecule has 7 atom stereocenters. The standard InChI is InChI=1S/C45H81NO8/c1-3-5-7-9-11-13-15-17-18-19-20-21-23-25-27-29-31-33-35-41(49)46-38(37-53-45-44(52)43(51)42(50)40(36-47)54-45)39(48)34-32-30-28-26-24-22-16-14-12-10-8-6-4-2/h12,14,20-21,24,26,32,34,38-40,42-45,47-48,50-52H,3-11,13,15-19,22-23,25,27-31,33,35-37H2,1-2H3,(H,46,49)/b14-12+,21-20-,26-24+,34-32+. The molecule has 9 heteroatoms. The molecule has 0 aliphatic carbocycles. The van der Waals surface area contributed by atoms with Crippen molar-refractivity contribution in [1.29, 1.82) is 0 Å². The fourth-order valence-electron chi connectivity index (χ4n) is 6.53. The zero-order valence-electron chi connectivity index (χ0n) is 34.2. The van der Waals surface area contributed by atoms with Crippen LogP contribution in [-0.4, -0.2) is 87.5 Å². The van der Waals surface area contributed by atoms with E-state index in [1.807, 2.05) is 6.08 Å². The van der Waals surface area contributed by atoms with Gasteiger partial charge in [-0.25, -0.2) is 0 Å². The Hall–Kier alpha value is -1.85. The van der Waals surface area contributed by atoms with Crippen LogP contribution in [0.3, 0.4) is 0 Å². The van der Waals surface area contributed by atoms with E-state index in [1.54, 1.807) is 6.08 Å². The predicted molar refractivity (Wildman–Crippen MR) is 221 cm³/mol. The third kappa shape index (κ3) is 26.1. The molecule has 9 nitrogen and oxygen atoms in total. The minimum Gasteiger partial charge on any atom is -0.394 e. The summed E-state index contributed by atoms with van der Waals surface area (Å²) >= 11 is 0. The lowest BCUT2D eigenvalue weighted by atomic mass is 9.99. The average molecular weight is 764 g/mol. The maximum absolute atomic E-state index is 12.9. The number of aliphatic hydroxyl groups excluding tert-OH is 5. The van der Waals surface area contributed by atoms with Crippen LogP contribution in [0.25, 0.3) is 0 Å². The van der Waals surface area contributed by atoms with Crippen molar-refractivity contribution in [2.45, 2.75) is 217 Å². The van der Waals surface area contributed by atoms with Crippen molar-refractivity contribution >= 4 is 5.91 Å². The quantitative estimate of drug-likeness (QED) is 0.0278. The number of rotatable bonds is 35. The van der Waals surface area contributed by atoms with Crippen molar-refractivity contribution in [1.82, 2.24) is 5.32 Å². The number of carbonyl (C=O) groups excluding carboxylic acids is 1. The second-order valence-electron chi connectivity index (χ2n) is 15.1. The van der Waals surface area contributed by atoms with Crippen molar-refractivity contribution in [3.8, 4) is 0 Å². The van der Waals surface area contributed by atoms with Crippen molar-refractivity contribution in [3.63, 3.8) is 0 Å². The molecule has 1 aliphatic rings. The van der Waals surface area contributed by atoms with E-state index in [-0.39, 0.29) is 12.5 Å². The smallest absolute Gasteiger partial charge is 0.220 e. The minimum atomic E-state index is -1.57. The van der Waals surface area contributed by atoms with Crippen molar-refractivity contribution < 1.29 is 39.8 Å². The molecular weight excluding hydrogens is 682 g/mol. The summed E-state index contributed by atoms with van der Waals surface area (Å²) in [4.78, 5) is 12.9. The monoisotopic (exact) mass is 764 g/mol. The van der Waals surface area contributed by atoms with Crippen LogP contribution in [0, 0.1) is 0 Å². The van der Waals surface area contributed by atoms with E-state index < -0.39 is 49.5 Å². The van der Waals surface area contributed by atoms with Gasteiger partial charge in [0.15, 0.2) is 6.29 Å². The summed E-state index contributed by atoms with van der Waals surface area (Å²) in [5, 5.41) is 54.0. The first kappa shape index (κ1) is 50.2. The molecule has 1 saturated heterocycles. The van der Waals surface area contributed by atoms with Crippen LogP contribution in [0.5, 0.6) is 0 Å². The van der Waals surface area contributed by atoms with Gasteiger partial charge in [-0.3, -0.25) is 4.79 Å². The summed E-state index contributed by atoms with van der Waals surface area (Å²) in [6, 6.07) is -0.830. The number of allylic oxidation sites excluding steroid dienone is 7. The first-order valence-electron chi connectivity index (χ1n) is 21.9. The highest BCUT2D eigenvalue weighted by Crippen LogP contribution is 2.22. The zero-order valence-corrected chi connectivity index (χ0v) is 34.2. The number of ether oxygens (including phenoxy) is 2.